The van der Waals surface area contributed by atoms with E-state index in [9.17, 15) is 0 Å². The van der Waals surface area contributed by atoms with Crippen LogP contribution in [-0.4, -0.2) is 0 Å². The van der Waals surface area contributed by atoms with Gasteiger partial charge >= 0.3 is 0 Å². The lowest BCUT2D eigenvalue weighted by atomic mass is 9.78. The van der Waals surface area contributed by atoms with Crippen LogP contribution in [0.4, 0.5) is 0 Å². The zero-order chi connectivity index (χ0) is 32.1. The molecule has 1 aliphatic rings. The van der Waals surface area contributed by atoms with Gasteiger partial charge in [0.15, 0.2) is 0 Å². The molecule has 0 nitrogen and oxygen atoms in total. The molecule has 1 heterocycles. The van der Waals surface area contributed by atoms with E-state index in [1.807, 2.05) is 11.3 Å². The number of fused-ring (bicyclic) bond motifs is 17. The molecular formula is C48H28S. The van der Waals surface area contributed by atoms with Crippen LogP contribution in [0.3, 0.4) is 0 Å². The normalized spacial score (nSPS) is 12.1. The number of thiophene rings is 1. The van der Waals surface area contributed by atoms with Gasteiger partial charge in [-0.05, 0) is 112 Å². The Kier molecular flexibility index (Phi) is 5.64. The van der Waals surface area contributed by atoms with Crippen molar-refractivity contribution < 1.29 is 0 Å². The van der Waals surface area contributed by atoms with Crippen LogP contribution in [0.25, 0.3) is 108 Å². The van der Waals surface area contributed by atoms with Crippen molar-refractivity contribution >= 4 is 63.8 Å². The van der Waals surface area contributed by atoms with Crippen molar-refractivity contribution in [3.8, 4) is 55.6 Å². The fraction of sp³-hybridized carbons (Fsp3) is 0. The molecule has 1 aliphatic carbocycles. The van der Waals surface area contributed by atoms with Gasteiger partial charge in [0.25, 0.3) is 0 Å². The van der Waals surface area contributed by atoms with Gasteiger partial charge in [-0.1, -0.05) is 146 Å². The first kappa shape index (κ1) is 27.0. The first-order chi connectivity index (χ1) is 24.3. The molecule has 0 unspecified atom stereocenters. The van der Waals surface area contributed by atoms with Crippen molar-refractivity contribution in [2.45, 2.75) is 0 Å². The van der Waals surface area contributed by atoms with E-state index in [2.05, 4.69) is 170 Å². The second-order valence-corrected chi connectivity index (χ2v) is 14.2. The van der Waals surface area contributed by atoms with Gasteiger partial charge < -0.3 is 0 Å². The van der Waals surface area contributed by atoms with E-state index in [1.54, 1.807) is 0 Å². The molecule has 0 saturated heterocycles. The standard InChI is InChI=1S/C48H28S/c1-2-16-35-31(12-1)32-13-3-8-19-38(32)45-27-43-36-17-6-4-14-33(36)34-15-5-7-18-37(34)44(43)28-46(45)42-26-29(24-25-39(35)42)30-21-11-22-41-40-20-9-10-23-47(40)49-48(30)41/h1-28H. The van der Waals surface area contributed by atoms with Gasteiger partial charge in [-0.15, -0.1) is 11.3 Å². The van der Waals surface area contributed by atoms with E-state index < -0.39 is 0 Å². The van der Waals surface area contributed by atoms with Crippen LogP contribution in [0.2, 0.25) is 0 Å². The van der Waals surface area contributed by atoms with Crippen molar-refractivity contribution in [2.24, 2.45) is 0 Å². The van der Waals surface area contributed by atoms with Gasteiger partial charge in [-0.25, -0.2) is 0 Å². The second-order valence-electron chi connectivity index (χ2n) is 13.2. The average molecular weight is 637 g/mol. The Morgan fingerprint density at radius 2 is 0.653 bits per heavy atom. The third-order valence-corrected chi connectivity index (χ3v) is 11.9. The van der Waals surface area contributed by atoms with Crippen LogP contribution in [0.1, 0.15) is 0 Å². The number of hydrogen-bond acceptors (Lipinski definition) is 1. The number of hydrogen-bond donors (Lipinski definition) is 0. The van der Waals surface area contributed by atoms with E-state index >= 15 is 0 Å². The van der Waals surface area contributed by atoms with Crippen molar-refractivity contribution in [1.82, 2.24) is 0 Å². The van der Waals surface area contributed by atoms with Crippen molar-refractivity contribution in [3.05, 3.63) is 170 Å². The molecule has 49 heavy (non-hydrogen) atoms. The molecule has 0 spiro atoms. The summed E-state index contributed by atoms with van der Waals surface area (Å²) in [5, 5.41) is 10.4. The van der Waals surface area contributed by atoms with Gasteiger partial charge in [0, 0.05) is 20.2 Å². The van der Waals surface area contributed by atoms with Crippen LogP contribution in [0.5, 0.6) is 0 Å². The molecule has 1 aromatic heterocycles. The summed E-state index contributed by atoms with van der Waals surface area (Å²) in [6.45, 7) is 0. The lowest BCUT2D eigenvalue weighted by Gasteiger charge is -2.25. The molecule has 0 bridgehead atoms. The smallest absolute Gasteiger partial charge is 0.0433 e. The highest BCUT2D eigenvalue weighted by Crippen LogP contribution is 2.51. The maximum atomic E-state index is 2.49. The zero-order valence-corrected chi connectivity index (χ0v) is 27.4. The Bertz CT molecular complexity index is 2990. The second kappa shape index (κ2) is 10.2. The fourth-order valence-electron chi connectivity index (χ4n) is 8.45. The molecule has 0 N–H and O–H groups in total. The van der Waals surface area contributed by atoms with Crippen LogP contribution >= 0.6 is 11.3 Å². The SMILES string of the molecule is c1ccc2c(c1)-c1ccccc1-c1cc3c4ccccc4c4ccccc4c3cc1-c1cc(-c3cccc4c3sc3ccccc34)ccc1-2. The monoisotopic (exact) mass is 636 g/mol. The van der Waals surface area contributed by atoms with Gasteiger partial charge in [0.2, 0.25) is 0 Å². The van der Waals surface area contributed by atoms with Crippen LogP contribution in [-0.2, 0) is 0 Å². The van der Waals surface area contributed by atoms with Crippen LogP contribution < -0.4 is 0 Å². The third-order valence-electron chi connectivity index (χ3n) is 10.6. The largest absolute Gasteiger partial charge is 0.135 e. The summed E-state index contributed by atoms with van der Waals surface area (Å²) in [7, 11) is 0. The molecule has 0 saturated carbocycles. The zero-order valence-electron chi connectivity index (χ0n) is 26.6. The first-order valence-electron chi connectivity index (χ1n) is 16.9. The van der Waals surface area contributed by atoms with E-state index in [0.717, 1.165) is 0 Å². The van der Waals surface area contributed by atoms with E-state index in [-0.39, 0.29) is 0 Å². The molecule has 0 aliphatic heterocycles. The highest BCUT2D eigenvalue weighted by atomic mass is 32.1. The predicted molar refractivity (Wildman–Crippen MR) is 213 cm³/mol. The Morgan fingerprint density at radius 1 is 0.245 bits per heavy atom. The van der Waals surface area contributed by atoms with Gasteiger partial charge in [0.05, 0.1) is 0 Å². The maximum absolute atomic E-state index is 2.49. The van der Waals surface area contributed by atoms with Crippen LogP contribution in [0.15, 0.2) is 170 Å². The van der Waals surface area contributed by atoms with Gasteiger partial charge in [0.1, 0.15) is 0 Å². The highest BCUT2D eigenvalue weighted by molar-refractivity contribution is 7.26. The fourth-order valence-corrected chi connectivity index (χ4v) is 9.68. The molecule has 0 atom stereocenters. The van der Waals surface area contributed by atoms with Crippen molar-refractivity contribution in [3.63, 3.8) is 0 Å². The predicted octanol–water partition coefficient (Wildman–Crippen LogP) is 14.2. The maximum Gasteiger partial charge on any atom is 0.0433 e. The summed E-state index contributed by atoms with van der Waals surface area (Å²) in [5.41, 5.74) is 12.7. The molecule has 0 amide bonds. The Hall–Kier alpha value is -6.02. The molecular weight excluding hydrogens is 609 g/mol. The lowest BCUT2D eigenvalue weighted by molar-refractivity contribution is 1.53. The van der Waals surface area contributed by atoms with Crippen LogP contribution in [0, 0.1) is 0 Å². The summed E-state index contributed by atoms with van der Waals surface area (Å²) in [5.74, 6) is 0. The molecule has 0 radical (unpaired) electrons. The van der Waals surface area contributed by atoms with E-state index in [4.69, 9.17) is 0 Å². The van der Waals surface area contributed by atoms with Gasteiger partial charge in [-0.3, -0.25) is 0 Å². The first-order valence-corrected chi connectivity index (χ1v) is 17.7. The summed E-state index contributed by atoms with van der Waals surface area (Å²) < 4.78 is 2.68. The Morgan fingerprint density at radius 3 is 1.27 bits per heavy atom. The minimum absolute atomic E-state index is 1.25. The lowest BCUT2D eigenvalue weighted by Crippen LogP contribution is -1.98. The van der Waals surface area contributed by atoms with Crippen molar-refractivity contribution in [1.29, 1.82) is 0 Å². The molecule has 11 rings (SSSR count). The summed E-state index contributed by atoms with van der Waals surface area (Å²) in [6, 6.07) is 63.5. The minimum Gasteiger partial charge on any atom is -0.135 e. The molecule has 0 fully saturated rings. The van der Waals surface area contributed by atoms with Crippen molar-refractivity contribution in [2.75, 3.05) is 0 Å². The molecule has 9 aromatic carbocycles. The number of rotatable bonds is 1. The highest BCUT2D eigenvalue weighted by Gasteiger charge is 2.24. The van der Waals surface area contributed by atoms with Gasteiger partial charge in [-0.2, -0.15) is 0 Å². The molecule has 1 heteroatoms. The summed E-state index contributed by atoms with van der Waals surface area (Å²) in [4.78, 5) is 0. The van der Waals surface area contributed by atoms with E-state index in [1.165, 1.54) is 108 Å². The Labute approximate surface area is 288 Å². The summed E-state index contributed by atoms with van der Waals surface area (Å²) in [6.07, 6.45) is 0. The average Bonchev–Trinajstić information content (AvgIpc) is 3.56. The quantitative estimate of drug-likeness (QED) is 0.157. The minimum atomic E-state index is 1.25. The number of benzene rings is 9. The molecule has 226 valence electrons. The Balaban J connectivity index is 1.30. The van der Waals surface area contributed by atoms with E-state index in [0.29, 0.717) is 0 Å². The third kappa shape index (κ3) is 3.85. The topological polar surface area (TPSA) is 0 Å². The molecule has 10 aromatic rings. The summed E-state index contributed by atoms with van der Waals surface area (Å²) >= 11 is 1.90.